The highest BCUT2D eigenvalue weighted by Crippen LogP contribution is 2.33. The molecular formula is C21H22N2O3. The highest BCUT2D eigenvalue weighted by atomic mass is 16.5. The number of urea groups is 1. The maximum absolute atomic E-state index is 13.1. The maximum atomic E-state index is 13.1. The van der Waals surface area contributed by atoms with Crippen LogP contribution in [0.2, 0.25) is 0 Å². The van der Waals surface area contributed by atoms with Crippen molar-refractivity contribution in [3.8, 4) is 5.75 Å². The quantitative estimate of drug-likeness (QED) is 0.862. The van der Waals surface area contributed by atoms with Crippen LogP contribution in [0.4, 0.5) is 4.79 Å². The van der Waals surface area contributed by atoms with E-state index in [0.29, 0.717) is 5.75 Å². The summed E-state index contributed by atoms with van der Waals surface area (Å²) in [5, 5.41) is 2.89. The van der Waals surface area contributed by atoms with Crippen molar-refractivity contribution in [3.63, 3.8) is 0 Å². The summed E-state index contributed by atoms with van der Waals surface area (Å²) in [5.74, 6) is 0.485. The van der Waals surface area contributed by atoms with Crippen molar-refractivity contribution in [1.29, 1.82) is 0 Å². The van der Waals surface area contributed by atoms with Crippen LogP contribution in [-0.4, -0.2) is 23.9 Å². The van der Waals surface area contributed by atoms with E-state index >= 15 is 0 Å². The molecule has 3 amide bonds. The van der Waals surface area contributed by atoms with Crippen molar-refractivity contribution >= 4 is 11.9 Å². The highest BCUT2D eigenvalue weighted by Gasteiger charge is 2.49. The number of imide groups is 1. The Bertz CT molecular complexity index is 893. The predicted molar refractivity (Wildman–Crippen MR) is 97.9 cm³/mol. The van der Waals surface area contributed by atoms with Gasteiger partial charge < -0.3 is 10.1 Å². The Labute approximate surface area is 153 Å². The summed E-state index contributed by atoms with van der Waals surface area (Å²) in [6, 6.07) is 13.2. The molecule has 1 heterocycles. The molecule has 2 aromatic carbocycles. The van der Waals surface area contributed by atoms with Crippen LogP contribution in [0, 0.1) is 0 Å². The topological polar surface area (TPSA) is 58.6 Å². The number of hydrogen-bond donors (Lipinski definition) is 1. The molecule has 5 heteroatoms. The average Bonchev–Trinajstić information content (AvgIpc) is 3.20. The average molecular weight is 350 g/mol. The minimum absolute atomic E-state index is 0.219. The molecule has 26 heavy (non-hydrogen) atoms. The zero-order valence-corrected chi connectivity index (χ0v) is 15.0. The number of amides is 3. The van der Waals surface area contributed by atoms with Gasteiger partial charge >= 0.3 is 6.03 Å². The third-order valence-corrected chi connectivity index (χ3v) is 5.43. The molecule has 0 bridgehead atoms. The monoisotopic (exact) mass is 350 g/mol. The van der Waals surface area contributed by atoms with Crippen LogP contribution in [0.15, 0.2) is 42.5 Å². The van der Waals surface area contributed by atoms with Crippen LogP contribution in [-0.2, 0) is 29.7 Å². The Morgan fingerprint density at radius 1 is 1.12 bits per heavy atom. The second-order valence-corrected chi connectivity index (χ2v) is 7.14. The number of methoxy groups -OCH3 is 1. The largest absolute Gasteiger partial charge is 0.497 e. The first-order chi connectivity index (χ1) is 12.5. The van der Waals surface area contributed by atoms with Crippen molar-refractivity contribution in [2.24, 2.45) is 0 Å². The zero-order valence-electron chi connectivity index (χ0n) is 15.0. The molecule has 1 atom stereocenters. The fourth-order valence-corrected chi connectivity index (χ4v) is 3.87. The van der Waals surface area contributed by atoms with Gasteiger partial charge in [-0.1, -0.05) is 30.3 Å². The molecule has 0 spiro atoms. The summed E-state index contributed by atoms with van der Waals surface area (Å²) in [6.45, 7) is 2.01. The number of benzene rings is 2. The number of hydrogen-bond acceptors (Lipinski definition) is 3. The molecular weight excluding hydrogens is 328 g/mol. The minimum Gasteiger partial charge on any atom is -0.497 e. The van der Waals surface area contributed by atoms with E-state index in [0.717, 1.165) is 30.4 Å². The van der Waals surface area contributed by atoms with Crippen molar-refractivity contribution < 1.29 is 14.3 Å². The molecule has 1 saturated heterocycles. The van der Waals surface area contributed by atoms with Crippen molar-refractivity contribution in [2.45, 2.75) is 38.3 Å². The molecule has 2 aromatic rings. The fourth-order valence-electron chi connectivity index (χ4n) is 3.87. The molecule has 1 aliphatic carbocycles. The van der Waals surface area contributed by atoms with Gasteiger partial charge in [0.1, 0.15) is 11.3 Å². The van der Waals surface area contributed by atoms with Crippen LogP contribution < -0.4 is 10.1 Å². The second-order valence-electron chi connectivity index (χ2n) is 7.14. The van der Waals surface area contributed by atoms with Gasteiger partial charge in [0.25, 0.3) is 5.91 Å². The van der Waals surface area contributed by atoms with Crippen molar-refractivity contribution in [2.75, 3.05) is 7.11 Å². The molecule has 4 rings (SSSR count). The van der Waals surface area contributed by atoms with E-state index in [-0.39, 0.29) is 18.5 Å². The first-order valence-corrected chi connectivity index (χ1v) is 8.90. The highest BCUT2D eigenvalue weighted by molar-refractivity contribution is 6.07. The molecule has 2 aliphatic rings. The van der Waals surface area contributed by atoms with Gasteiger partial charge in [0.15, 0.2) is 0 Å². The van der Waals surface area contributed by atoms with E-state index < -0.39 is 5.54 Å². The van der Waals surface area contributed by atoms with E-state index in [9.17, 15) is 9.59 Å². The van der Waals surface area contributed by atoms with Crippen LogP contribution in [0.3, 0.4) is 0 Å². The second kappa shape index (κ2) is 6.16. The van der Waals surface area contributed by atoms with E-state index in [4.69, 9.17) is 4.74 Å². The normalized spacial score (nSPS) is 21.7. The third kappa shape index (κ3) is 2.64. The number of carbonyl (C=O) groups excluding carboxylic acids is 2. The lowest BCUT2D eigenvalue weighted by Gasteiger charge is -2.23. The van der Waals surface area contributed by atoms with Gasteiger partial charge in [-0.3, -0.25) is 9.69 Å². The molecule has 1 fully saturated rings. The fraction of sp³-hybridized carbons (Fsp3) is 0.333. The van der Waals surface area contributed by atoms with Gasteiger partial charge in [-0.2, -0.15) is 0 Å². The van der Waals surface area contributed by atoms with E-state index in [1.165, 1.54) is 16.0 Å². The SMILES string of the molecule is COc1cccc(CN2C(=O)NC(C)(c3ccc4c(c3)CCC4)C2=O)c1. The van der Waals surface area contributed by atoms with E-state index in [1.54, 1.807) is 14.0 Å². The van der Waals surface area contributed by atoms with Gasteiger partial charge in [0, 0.05) is 0 Å². The Morgan fingerprint density at radius 3 is 2.73 bits per heavy atom. The zero-order chi connectivity index (χ0) is 18.3. The molecule has 0 aromatic heterocycles. The lowest BCUT2D eigenvalue weighted by Crippen LogP contribution is -2.40. The Balaban J connectivity index is 1.62. The van der Waals surface area contributed by atoms with Gasteiger partial charge in [0.05, 0.1) is 13.7 Å². The van der Waals surface area contributed by atoms with E-state index in [2.05, 4.69) is 17.4 Å². The van der Waals surface area contributed by atoms with Crippen LogP contribution in [0.1, 0.15) is 35.6 Å². The number of ether oxygens (including phenoxy) is 1. The number of carbonyl (C=O) groups is 2. The van der Waals surface area contributed by atoms with Gasteiger partial charge in [-0.15, -0.1) is 0 Å². The standard InChI is InChI=1S/C21H22N2O3/c1-21(17-10-9-15-6-4-7-16(15)12-17)19(24)23(20(25)22-21)13-14-5-3-8-18(11-14)26-2/h3,5,8-12H,4,6-7,13H2,1-2H3,(H,22,25). The summed E-state index contributed by atoms with van der Waals surface area (Å²) in [4.78, 5) is 26.9. The van der Waals surface area contributed by atoms with Crippen molar-refractivity contribution in [1.82, 2.24) is 10.2 Å². The summed E-state index contributed by atoms with van der Waals surface area (Å²) >= 11 is 0. The van der Waals surface area contributed by atoms with E-state index in [1.807, 2.05) is 30.3 Å². The minimum atomic E-state index is -1.02. The summed E-state index contributed by atoms with van der Waals surface area (Å²) < 4.78 is 5.22. The molecule has 5 nitrogen and oxygen atoms in total. The first-order valence-electron chi connectivity index (χ1n) is 8.90. The third-order valence-electron chi connectivity index (χ3n) is 5.43. The molecule has 1 unspecified atom stereocenters. The van der Waals surface area contributed by atoms with Crippen LogP contribution >= 0.6 is 0 Å². The number of fused-ring (bicyclic) bond motifs is 1. The van der Waals surface area contributed by atoms with Gasteiger partial charge in [0.2, 0.25) is 0 Å². The lowest BCUT2D eigenvalue weighted by atomic mass is 9.89. The number of nitrogens with one attached hydrogen (secondary N) is 1. The number of rotatable bonds is 4. The number of aryl methyl sites for hydroxylation is 2. The summed E-state index contributed by atoms with van der Waals surface area (Å²) in [6.07, 6.45) is 3.28. The maximum Gasteiger partial charge on any atom is 0.325 e. The summed E-state index contributed by atoms with van der Waals surface area (Å²) in [7, 11) is 1.59. The molecule has 0 saturated carbocycles. The van der Waals surface area contributed by atoms with Gasteiger partial charge in [-0.05, 0) is 60.6 Å². The smallest absolute Gasteiger partial charge is 0.325 e. The van der Waals surface area contributed by atoms with Crippen LogP contribution in [0.25, 0.3) is 0 Å². The Morgan fingerprint density at radius 2 is 1.92 bits per heavy atom. The summed E-state index contributed by atoms with van der Waals surface area (Å²) in [5.41, 5.74) is 3.32. The predicted octanol–water partition coefficient (Wildman–Crippen LogP) is 3.15. The molecule has 0 radical (unpaired) electrons. The lowest BCUT2D eigenvalue weighted by molar-refractivity contribution is -0.131. The number of nitrogens with zero attached hydrogens (tertiary/aromatic N) is 1. The van der Waals surface area contributed by atoms with Crippen LogP contribution in [0.5, 0.6) is 5.75 Å². The molecule has 134 valence electrons. The Kier molecular flexibility index (Phi) is 3.94. The first kappa shape index (κ1) is 16.6. The Hall–Kier alpha value is -2.82. The van der Waals surface area contributed by atoms with Gasteiger partial charge in [-0.25, -0.2) is 4.79 Å². The molecule has 1 aliphatic heterocycles. The van der Waals surface area contributed by atoms with Crippen molar-refractivity contribution in [3.05, 3.63) is 64.7 Å². The molecule has 1 N–H and O–H groups in total.